The summed E-state index contributed by atoms with van der Waals surface area (Å²) in [5.74, 6) is 0.334. The lowest BCUT2D eigenvalue weighted by Gasteiger charge is -2.12. The van der Waals surface area contributed by atoms with Gasteiger partial charge in [-0.15, -0.1) is 0 Å². The maximum absolute atomic E-state index is 11.4. The molecule has 0 heterocycles. The summed E-state index contributed by atoms with van der Waals surface area (Å²) in [7, 11) is 2.76. The number of ether oxygens (including phenoxy) is 3. The molecule has 0 aliphatic heterocycles. The Bertz CT molecular complexity index is 390. The van der Waals surface area contributed by atoms with Gasteiger partial charge in [0.05, 0.1) is 26.4 Å². The smallest absolute Gasteiger partial charge is 0.339 e. The average molecular weight is 245 g/mol. The molecule has 0 aliphatic rings. The molecule has 0 spiro atoms. The molecular formula is C11H13ClO4. The van der Waals surface area contributed by atoms with Crippen molar-refractivity contribution in [1.29, 1.82) is 0 Å². The zero-order valence-electron chi connectivity index (χ0n) is 9.37. The van der Waals surface area contributed by atoms with Crippen LogP contribution in [0.2, 0.25) is 5.02 Å². The van der Waals surface area contributed by atoms with Gasteiger partial charge in [0.1, 0.15) is 5.02 Å². The Morgan fingerprint density at radius 3 is 2.56 bits per heavy atom. The second-order valence-electron chi connectivity index (χ2n) is 2.88. The van der Waals surface area contributed by atoms with Crippen molar-refractivity contribution in [2.75, 3.05) is 20.8 Å². The topological polar surface area (TPSA) is 44.8 Å². The van der Waals surface area contributed by atoms with Gasteiger partial charge in [0.25, 0.3) is 0 Å². The molecule has 0 unspecified atom stereocenters. The molecule has 1 rings (SSSR count). The van der Waals surface area contributed by atoms with Crippen LogP contribution in [0.1, 0.15) is 17.3 Å². The zero-order valence-corrected chi connectivity index (χ0v) is 10.1. The van der Waals surface area contributed by atoms with Crippen LogP contribution in [0.3, 0.4) is 0 Å². The molecule has 0 bridgehead atoms. The average Bonchev–Trinajstić information content (AvgIpc) is 2.29. The number of benzene rings is 1. The van der Waals surface area contributed by atoms with Crippen molar-refractivity contribution in [3.05, 3.63) is 22.7 Å². The van der Waals surface area contributed by atoms with Crippen LogP contribution < -0.4 is 9.47 Å². The predicted octanol–water partition coefficient (Wildman–Crippen LogP) is 2.53. The van der Waals surface area contributed by atoms with E-state index >= 15 is 0 Å². The largest absolute Gasteiger partial charge is 0.491 e. The summed E-state index contributed by atoms with van der Waals surface area (Å²) < 4.78 is 15.0. The molecule has 0 saturated carbocycles. The van der Waals surface area contributed by atoms with Gasteiger partial charge in [0, 0.05) is 0 Å². The van der Waals surface area contributed by atoms with Crippen molar-refractivity contribution >= 4 is 17.6 Å². The molecule has 0 fully saturated rings. The van der Waals surface area contributed by atoms with Crippen LogP contribution in [0, 0.1) is 0 Å². The Balaban J connectivity index is 3.22. The summed E-state index contributed by atoms with van der Waals surface area (Å²) >= 11 is 6.02. The number of methoxy groups -OCH3 is 2. The van der Waals surface area contributed by atoms with Crippen molar-refractivity contribution in [3.8, 4) is 11.5 Å². The lowest BCUT2D eigenvalue weighted by molar-refractivity contribution is 0.0600. The summed E-state index contributed by atoms with van der Waals surface area (Å²) in [4.78, 5) is 11.4. The normalized spacial score (nSPS) is 9.75. The van der Waals surface area contributed by atoms with Gasteiger partial charge < -0.3 is 14.2 Å². The quantitative estimate of drug-likeness (QED) is 0.764. The van der Waals surface area contributed by atoms with Crippen LogP contribution in [-0.2, 0) is 4.74 Å². The molecule has 0 aromatic heterocycles. The number of hydrogen-bond acceptors (Lipinski definition) is 4. The Kier molecular flexibility index (Phi) is 4.43. The zero-order chi connectivity index (χ0) is 12.1. The number of carbonyl (C=O) groups excluding carboxylic acids is 1. The van der Waals surface area contributed by atoms with Gasteiger partial charge in [0.2, 0.25) is 0 Å². The van der Waals surface area contributed by atoms with Gasteiger partial charge in [0.15, 0.2) is 11.5 Å². The summed E-state index contributed by atoms with van der Waals surface area (Å²) in [6.07, 6.45) is 0. The van der Waals surface area contributed by atoms with E-state index in [0.29, 0.717) is 18.1 Å². The Labute approximate surface area is 99.1 Å². The highest BCUT2D eigenvalue weighted by atomic mass is 35.5. The van der Waals surface area contributed by atoms with E-state index in [4.69, 9.17) is 21.1 Å². The van der Waals surface area contributed by atoms with Crippen LogP contribution >= 0.6 is 11.6 Å². The van der Waals surface area contributed by atoms with Crippen molar-refractivity contribution in [2.24, 2.45) is 0 Å². The van der Waals surface area contributed by atoms with E-state index in [0.717, 1.165) is 0 Å². The van der Waals surface area contributed by atoms with Crippen LogP contribution in [0.5, 0.6) is 11.5 Å². The number of hydrogen-bond donors (Lipinski definition) is 0. The highest BCUT2D eigenvalue weighted by Gasteiger charge is 2.18. The summed E-state index contributed by atoms with van der Waals surface area (Å²) in [6, 6.07) is 3.17. The minimum absolute atomic E-state index is 0.195. The minimum atomic E-state index is -0.508. The van der Waals surface area contributed by atoms with Crippen molar-refractivity contribution in [1.82, 2.24) is 0 Å². The fourth-order valence-electron chi connectivity index (χ4n) is 1.27. The predicted molar refractivity (Wildman–Crippen MR) is 60.5 cm³/mol. The second-order valence-corrected chi connectivity index (χ2v) is 3.26. The van der Waals surface area contributed by atoms with Gasteiger partial charge in [-0.2, -0.15) is 0 Å². The standard InChI is InChI=1S/C11H13ClO4/c1-4-16-8-6-5-7(11(13)15-3)9(12)10(8)14-2/h5-6H,4H2,1-3H3. The van der Waals surface area contributed by atoms with E-state index in [9.17, 15) is 4.79 Å². The van der Waals surface area contributed by atoms with Gasteiger partial charge in [-0.05, 0) is 19.1 Å². The van der Waals surface area contributed by atoms with Gasteiger partial charge >= 0.3 is 5.97 Å². The Morgan fingerprint density at radius 2 is 2.06 bits per heavy atom. The molecule has 0 atom stereocenters. The van der Waals surface area contributed by atoms with E-state index in [1.54, 1.807) is 12.1 Å². The summed E-state index contributed by atoms with van der Waals surface area (Å²) in [5, 5.41) is 0.195. The molecule has 0 aliphatic carbocycles. The third-order valence-electron chi connectivity index (χ3n) is 1.97. The van der Waals surface area contributed by atoms with Crippen LogP contribution in [0.4, 0.5) is 0 Å². The van der Waals surface area contributed by atoms with Crippen molar-refractivity contribution in [3.63, 3.8) is 0 Å². The highest BCUT2D eigenvalue weighted by molar-refractivity contribution is 6.35. The van der Waals surface area contributed by atoms with E-state index < -0.39 is 5.97 Å². The van der Waals surface area contributed by atoms with E-state index in [1.165, 1.54) is 14.2 Å². The first-order chi connectivity index (χ1) is 7.65. The lowest BCUT2D eigenvalue weighted by Crippen LogP contribution is -2.04. The van der Waals surface area contributed by atoms with Crippen molar-refractivity contribution in [2.45, 2.75) is 6.92 Å². The molecule has 0 N–H and O–H groups in total. The molecule has 0 radical (unpaired) electrons. The minimum Gasteiger partial charge on any atom is -0.491 e. The molecule has 4 nitrogen and oxygen atoms in total. The first-order valence-corrected chi connectivity index (χ1v) is 5.11. The van der Waals surface area contributed by atoms with Crippen LogP contribution in [0.15, 0.2) is 12.1 Å². The monoisotopic (exact) mass is 244 g/mol. The summed E-state index contributed by atoms with van der Waals surface area (Å²) in [5.41, 5.74) is 0.254. The van der Waals surface area contributed by atoms with Crippen LogP contribution in [0.25, 0.3) is 0 Å². The molecule has 1 aromatic rings. The fraction of sp³-hybridized carbons (Fsp3) is 0.364. The number of carbonyl (C=O) groups is 1. The SMILES string of the molecule is CCOc1ccc(C(=O)OC)c(Cl)c1OC. The summed E-state index contributed by atoms with van der Waals surface area (Å²) in [6.45, 7) is 2.34. The maximum Gasteiger partial charge on any atom is 0.339 e. The maximum atomic E-state index is 11.4. The van der Waals surface area contributed by atoms with Crippen molar-refractivity contribution < 1.29 is 19.0 Å². The van der Waals surface area contributed by atoms with E-state index in [1.807, 2.05) is 6.92 Å². The number of halogens is 1. The molecule has 0 saturated heterocycles. The van der Waals surface area contributed by atoms with E-state index in [-0.39, 0.29) is 10.6 Å². The number of rotatable bonds is 4. The molecule has 5 heteroatoms. The van der Waals surface area contributed by atoms with Gasteiger partial charge in [-0.3, -0.25) is 0 Å². The molecule has 1 aromatic carbocycles. The second kappa shape index (κ2) is 5.61. The lowest BCUT2D eigenvalue weighted by atomic mass is 10.2. The first-order valence-electron chi connectivity index (χ1n) is 4.73. The van der Waals surface area contributed by atoms with Gasteiger partial charge in [-0.25, -0.2) is 4.79 Å². The van der Waals surface area contributed by atoms with Crippen LogP contribution in [-0.4, -0.2) is 26.8 Å². The molecule has 16 heavy (non-hydrogen) atoms. The van der Waals surface area contributed by atoms with Gasteiger partial charge in [-0.1, -0.05) is 11.6 Å². The number of esters is 1. The molecule has 0 amide bonds. The third-order valence-corrected chi connectivity index (χ3v) is 2.35. The first kappa shape index (κ1) is 12.6. The Hall–Kier alpha value is -1.42. The Morgan fingerprint density at radius 1 is 1.38 bits per heavy atom. The van der Waals surface area contributed by atoms with E-state index in [2.05, 4.69) is 4.74 Å². The molecular weight excluding hydrogens is 232 g/mol. The third kappa shape index (κ3) is 2.39. The highest BCUT2D eigenvalue weighted by Crippen LogP contribution is 2.37. The fourth-order valence-corrected chi connectivity index (χ4v) is 1.58. The molecule has 88 valence electrons.